The van der Waals surface area contributed by atoms with Crippen LogP contribution in [0, 0.1) is 12.8 Å². The number of hydrogen-bond acceptors (Lipinski definition) is 5. The van der Waals surface area contributed by atoms with E-state index in [1.54, 1.807) is 18.2 Å². The van der Waals surface area contributed by atoms with Crippen molar-refractivity contribution in [3.63, 3.8) is 0 Å². The summed E-state index contributed by atoms with van der Waals surface area (Å²) in [6, 6.07) is 12.6. The number of para-hydroxylation sites is 1. The van der Waals surface area contributed by atoms with Gasteiger partial charge < -0.3 is 14.1 Å². The third-order valence-corrected chi connectivity index (χ3v) is 7.36. The van der Waals surface area contributed by atoms with Gasteiger partial charge in [0.2, 0.25) is 0 Å². The molecule has 3 aliphatic rings. The molecule has 7 heteroatoms. The lowest BCUT2D eigenvalue weighted by atomic mass is 9.84. The summed E-state index contributed by atoms with van der Waals surface area (Å²) in [5, 5.41) is 0.874. The number of nitrogens with one attached hydrogen (secondary N) is 1. The predicted molar refractivity (Wildman–Crippen MR) is 117 cm³/mol. The molecule has 1 N–H and O–H groups in total. The van der Waals surface area contributed by atoms with Crippen molar-refractivity contribution >= 4 is 32.3 Å². The minimum atomic E-state index is -3.85. The van der Waals surface area contributed by atoms with E-state index in [1.165, 1.54) is 12.7 Å². The lowest BCUT2D eigenvalue weighted by Crippen LogP contribution is -2.35. The van der Waals surface area contributed by atoms with Gasteiger partial charge in [-0.25, -0.2) is 8.42 Å². The molecule has 6 nitrogen and oxygen atoms in total. The van der Waals surface area contributed by atoms with Gasteiger partial charge in [0, 0.05) is 30.2 Å². The first-order valence-electron chi connectivity index (χ1n) is 10.1. The van der Waals surface area contributed by atoms with E-state index in [-0.39, 0.29) is 4.90 Å². The lowest BCUT2D eigenvalue weighted by Gasteiger charge is -2.38. The van der Waals surface area contributed by atoms with Crippen molar-refractivity contribution in [1.82, 2.24) is 4.90 Å². The van der Waals surface area contributed by atoms with Crippen LogP contribution in [0.3, 0.4) is 0 Å². The minimum Gasteiger partial charge on any atom is -0.495 e. The molecule has 4 heterocycles. The van der Waals surface area contributed by atoms with Gasteiger partial charge >= 0.3 is 0 Å². The van der Waals surface area contributed by atoms with Crippen molar-refractivity contribution in [1.29, 1.82) is 0 Å². The molecule has 3 aromatic rings. The number of nitrogens with zero attached hydrogens (tertiary/aromatic N) is 1. The molecule has 0 atom stereocenters. The van der Waals surface area contributed by atoms with Crippen molar-refractivity contribution in [2.24, 2.45) is 5.92 Å². The van der Waals surface area contributed by atoms with E-state index in [0.717, 1.165) is 42.6 Å². The summed E-state index contributed by atoms with van der Waals surface area (Å²) < 4.78 is 40.4. The summed E-state index contributed by atoms with van der Waals surface area (Å²) in [5.41, 5.74) is 3.01. The predicted octanol–water partition coefficient (Wildman–Crippen LogP) is 4.62. The molecule has 0 radical (unpaired) electrons. The van der Waals surface area contributed by atoms with Gasteiger partial charge in [-0.2, -0.15) is 0 Å². The van der Waals surface area contributed by atoms with Gasteiger partial charge in [0.1, 0.15) is 16.4 Å². The number of ether oxygens (including phenoxy) is 1. The second kappa shape index (κ2) is 7.09. The second-order valence-electron chi connectivity index (χ2n) is 7.99. The van der Waals surface area contributed by atoms with Gasteiger partial charge in [-0.15, -0.1) is 0 Å². The van der Waals surface area contributed by atoms with E-state index in [2.05, 4.69) is 15.8 Å². The molecule has 0 unspecified atom stereocenters. The average Bonchev–Trinajstić information content (AvgIpc) is 3.20. The topological polar surface area (TPSA) is 71.8 Å². The molecule has 1 aromatic heterocycles. The molecular weight excluding hydrogens is 400 g/mol. The Morgan fingerprint density at radius 3 is 2.63 bits per heavy atom. The smallest absolute Gasteiger partial charge is 0.265 e. The Bertz CT molecular complexity index is 1250. The molecule has 30 heavy (non-hydrogen) atoms. The van der Waals surface area contributed by atoms with Crippen molar-refractivity contribution in [2.45, 2.75) is 24.7 Å². The number of furan rings is 1. The number of aryl methyl sites for hydroxylation is 1. The molecule has 0 spiro atoms. The number of sulfonamides is 1. The number of benzene rings is 2. The van der Waals surface area contributed by atoms with Crippen LogP contribution in [0.25, 0.3) is 16.5 Å². The summed E-state index contributed by atoms with van der Waals surface area (Å²) in [6.45, 7) is 4.04. The fraction of sp³-hybridized carbons (Fsp3) is 0.304. The molecule has 2 bridgehead atoms. The monoisotopic (exact) mass is 424 g/mol. The third kappa shape index (κ3) is 3.23. The van der Waals surface area contributed by atoms with Crippen LogP contribution < -0.4 is 9.46 Å². The molecule has 1 saturated heterocycles. The highest BCUT2D eigenvalue weighted by Gasteiger charge is 2.30. The summed E-state index contributed by atoms with van der Waals surface area (Å²) in [7, 11) is -2.39. The fourth-order valence-corrected chi connectivity index (χ4v) is 5.70. The van der Waals surface area contributed by atoms with E-state index in [1.807, 2.05) is 31.2 Å². The maximum atomic E-state index is 13.1. The van der Waals surface area contributed by atoms with Crippen LogP contribution in [-0.2, 0) is 10.0 Å². The zero-order chi connectivity index (χ0) is 20.9. The highest BCUT2D eigenvalue weighted by atomic mass is 32.2. The molecule has 0 saturated carbocycles. The van der Waals surface area contributed by atoms with E-state index in [0.29, 0.717) is 22.9 Å². The fourth-order valence-electron chi connectivity index (χ4n) is 4.39. The van der Waals surface area contributed by atoms with Crippen LogP contribution in [0.2, 0.25) is 0 Å². The maximum Gasteiger partial charge on any atom is 0.265 e. The molecule has 156 valence electrons. The molecule has 1 fully saturated rings. The van der Waals surface area contributed by atoms with Gasteiger partial charge in [-0.05, 0) is 55.5 Å². The maximum absolute atomic E-state index is 13.1. The Morgan fingerprint density at radius 2 is 1.93 bits per heavy atom. The van der Waals surface area contributed by atoms with Gasteiger partial charge in [-0.1, -0.05) is 18.2 Å². The first-order chi connectivity index (χ1) is 14.4. The Labute approximate surface area is 176 Å². The normalized spacial score (nSPS) is 16.7. The number of piperidine rings is 1. The zero-order valence-electron chi connectivity index (χ0n) is 17.0. The van der Waals surface area contributed by atoms with Crippen LogP contribution >= 0.6 is 0 Å². The lowest BCUT2D eigenvalue weighted by molar-refractivity contribution is 0.250. The van der Waals surface area contributed by atoms with Crippen molar-refractivity contribution in [3.8, 4) is 5.75 Å². The van der Waals surface area contributed by atoms with Crippen LogP contribution in [0.1, 0.15) is 24.2 Å². The zero-order valence-corrected chi connectivity index (χ0v) is 17.8. The average molecular weight is 425 g/mol. The van der Waals surface area contributed by atoms with Crippen molar-refractivity contribution in [3.05, 3.63) is 60.0 Å². The van der Waals surface area contributed by atoms with Gasteiger partial charge in [-0.3, -0.25) is 4.72 Å². The molecule has 0 aliphatic carbocycles. The molecule has 0 amide bonds. The molecule has 3 aliphatic heterocycles. The summed E-state index contributed by atoms with van der Waals surface area (Å²) >= 11 is 0. The number of rotatable bonds is 5. The Hall–Kier alpha value is -2.93. The highest BCUT2D eigenvalue weighted by molar-refractivity contribution is 7.92. The number of allylic oxidation sites excluding steroid dienone is 1. The Morgan fingerprint density at radius 1 is 1.13 bits per heavy atom. The SMILES string of the molecule is COc1ccc(C)cc1S(=O)(=O)Nc1cccc2cc(C3=CN4CCC3CC4)oc12. The third-order valence-electron chi connectivity index (χ3n) is 5.97. The van der Waals surface area contributed by atoms with Gasteiger partial charge in [0.15, 0.2) is 5.58 Å². The van der Waals surface area contributed by atoms with Crippen LogP contribution in [0.15, 0.2) is 58.0 Å². The first-order valence-corrected chi connectivity index (χ1v) is 11.6. The second-order valence-corrected chi connectivity index (χ2v) is 9.64. The minimum absolute atomic E-state index is 0.105. The van der Waals surface area contributed by atoms with Crippen molar-refractivity contribution in [2.75, 3.05) is 24.9 Å². The number of methoxy groups -OCH3 is 1. The highest BCUT2D eigenvalue weighted by Crippen LogP contribution is 2.40. The number of anilines is 1. The van der Waals surface area contributed by atoms with Crippen molar-refractivity contribution < 1.29 is 17.6 Å². The van der Waals surface area contributed by atoms with Crippen LogP contribution in [0.4, 0.5) is 5.69 Å². The van der Waals surface area contributed by atoms with E-state index in [9.17, 15) is 8.42 Å². The largest absolute Gasteiger partial charge is 0.495 e. The first kappa shape index (κ1) is 19.1. The van der Waals surface area contributed by atoms with E-state index in [4.69, 9.17) is 9.15 Å². The van der Waals surface area contributed by atoms with E-state index < -0.39 is 10.0 Å². The number of fused-ring (bicyclic) bond motifs is 3. The molecular formula is C23H24N2O4S. The van der Waals surface area contributed by atoms with Crippen LogP contribution in [0.5, 0.6) is 5.75 Å². The number of hydrogen-bond donors (Lipinski definition) is 1. The van der Waals surface area contributed by atoms with Crippen LogP contribution in [-0.4, -0.2) is 33.5 Å². The Balaban J connectivity index is 1.54. The summed E-state index contributed by atoms with van der Waals surface area (Å²) in [6.07, 6.45) is 4.46. The molecule has 6 rings (SSSR count). The van der Waals surface area contributed by atoms with E-state index >= 15 is 0 Å². The quantitative estimate of drug-likeness (QED) is 0.647. The molecule has 2 aromatic carbocycles. The summed E-state index contributed by atoms with van der Waals surface area (Å²) in [5.74, 6) is 1.63. The summed E-state index contributed by atoms with van der Waals surface area (Å²) in [4.78, 5) is 2.43. The van der Waals surface area contributed by atoms with Gasteiger partial charge in [0.25, 0.3) is 10.0 Å². The standard InChI is InChI=1S/C23H24N2O4S/c1-15-6-7-20(28-2)22(12-15)30(26,27)24-19-5-3-4-17-13-21(29-23(17)19)18-14-25-10-8-16(18)9-11-25/h3-7,12-14,16,24H,8-11H2,1-2H3. The van der Waals surface area contributed by atoms with Gasteiger partial charge in [0.05, 0.1) is 12.8 Å². The Kier molecular flexibility index (Phi) is 4.50.